The number of aryl methyl sites for hydroxylation is 1. The fraction of sp³-hybridized carbons (Fsp3) is 0.333. The molecule has 2 aromatic rings. The SMILES string of the molecule is NC(=[NH2+])c1ccc(CCCCC(=O)N[C@H]2CC(=O)OC2c2ccccc2)cc1.O=C([O-])C(F)(F)F. The van der Waals surface area contributed by atoms with Crippen LogP contribution in [-0.2, 0) is 25.5 Å². The van der Waals surface area contributed by atoms with E-state index in [2.05, 4.69) is 5.32 Å². The highest BCUT2D eigenvalue weighted by atomic mass is 19.4. The number of carbonyl (C=O) groups is 3. The number of carboxylic acid groups (broad SMARTS) is 1. The van der Waals surface area contributed by atoms with E-state index < -0.39 is 18.2 Å². The maximum atomic E-state index is 12.3. The summed E-state index contributed by atoms with van der Waals surface area (Å²) in [4.78, 5) is 32.8. The molecule has 1 aliphatic rings. The van der Waals surface area contributed by atoms with Crippen LogP contribution in [0.15, 0.2) is 54.6 Å². The molecule has 1 saturated heterocycles. The molecule has 8 nitrogen and oxygen atoms in total. The number of halogens is 3. The lowest BCUT2D eigenvalue weighted by molar-refractivity contribution is -0.344. The average molecular weight is 493 g/mol. The van der Waals surface area contributed by atoms with Crippen LogP contribution in [0.3, 0.4) is 0 Å². The minimum atomic E-state index is -5.19. The number of esters is 1. The van der Waals surface area contributed by atoms with Crippen molar-refractivity contribution in [3.63, 3.8) is 0 Å². The molecular formula is C24H26F3N3O5. The van der Waals surface area contributed by atoms with Gasteiger partial charge in [0.15, 0.2) is 0 Å². The number of nitrogens with one attached hydrogen (secondary N) is 1. The van der Waals surface area contributed by atoms with Gasteiger partial charge in [-0.3, -0.25) is 20.7 Å². The highest BCUT2D eigenvalue weighted by molar-refractivity contribution is 5.92. The van der Waals surface area contributed by atoms with Crippen molar-refractivity contribution in [1.82, 2.24) is 5.32 Å². The zero-order valence-electron chi connectivity index (χ0n) is 18.7. The second-order valence-corrected chi connectivity index (χ2v) is 7.84. The van der Waals surface area contributed by atoms with E-state index in [-0.39, 0.29) is 24.3 Å². The Morgan fingerprint density at radius 1 is 1.09 bits per heavy atom. The summed E-state index contributed by atoms with van der Waals surface area (Å²) >= 11 is 0. The van der Waals surface area contributed by atoms with Gasteiger partial charge in [0.2, 0.25) is 5.91 Å². The van der Waals surface area contributed by atoms with E-state index in [0.29, 0.717) is 12.3 Å². The largest absolute Gasteiger partial charge is 0.542 e. The second-order valence-electron chi connectivity index (χ2n) is 7.84. The molecule has 11 heteroatoms. The number of amidine groups is 1. The van der Waals surface area contributed by atoms with E-state index in [1.807, 2.05) is 54.6 Å². The van der Waals surface area contributed by atoms with E-state index >= 15 is 0 Å². The van der Waals surface area contributed by atoms with Crippen LogP contribution in [0.25, 0.3) is 0 Å². The van der Waals surface area contributed by atoms with E-state index in [9.17, 15) is 22.8 Å². The first-order valence-electron chi connectivity index (χ1n) is 10.8. The number of hydrogen-bond acceptors (Lipinski definition) is 5. The van der Waals surface area contributed by atoms with Crippen molar-refractivity contribution in [1.29, 1.82) is 0 Å². The minimum absolute atomic E-state index is 0.0508. The van der Waals surface area contributed by atoms with Crippen LogP contribution in [0.2, 0.25) is 0 Å². The summed E-state index contributed by atoms with van der Waals surface area (Å²) in [5.41, 5.74) is 8.47. The smallest absolute Gasteiger partial charge is 0.430 e. The summed E-state index contributed by atoms with van der Waals surface area (Å²) < 4.78 is 36.9. The van der Waals surface area contributed by atoms with Gasteiger partial charge in [-0.05, 0) is 42.5 Å². The molecule has 1 fully saturated rings. The zero-order chi connectivity index (χ0) is 26.0. The highest BCUT2D eigenvalue weighted by Crippen LogP contribution is 2.30. The lowest BCUT2D eigenvalue weighted by atomic mass is 10.0. The van der Waals surface area contributed by atoms with Gasteiger partial charge >= 0.3 is 12.1 Å². The summed E-state index contributed by atoms with van der Waals surface area (Å²) in [6, 6.07) is 17.0. The molecule has 0 saturated carbocycles. The van der Waals surface area contributed by atoms with Crippen molar-refractivity contribution in [2.75, 3.05) is 0 Å². The van der Waals surface area contributed by atoms with Crippen LogP contribution in [0.4, 0.5) is 13.2 Å². The van der Waals surface area contributed by atoms with Crippen molar-refractivity contribution in [3.8, 4) is 0 Å². The van der Waals surface area contributed by atoms with Gasteiger partial charge in [0.25, 0.3) is 5.84 Å². The number of carbonyl (C=O) groups excluding carboxylic acids is 3. The molecule has 0 aromatic heterocycles. The Labute approximate surface area is 199 Å². The van der Waals surface area contributed by atoms with Crippen LogP contribution >= 0.6 is 0 Å². The average Bonchev–Trinajstić information content (AvgIpc) is 3.17. The van der Waals surface area contributed by atoms with Crippen LogP contribution in [0.5, 0.6) is 0 Å². The fourth-order valence-electron chi connectivity index (χ4n) is 3.39. The van der Waals surface area contributed by atoms with Gasteiger partial charge in [-0.25, -0.2) is 0 Å². The van der Waals surface area contributed by atoms with Gasteiger partial charge in [-0.15, -0.1) is 0 Å². The molecule has 2 atom stereocenters. The van der Waals surface area contributed by atoms with Crippen molar-refractivity contribution < 1.29 is 42.8 Å². The molecule has 0 bridgehead atoms. The second kappa shape index (κ2) is 12.5. The molecule has 1 amide bonds. The van der Waals surface area contributed by atoms with Crippen molar-refractivity contribution in [3.05, 3.63) is 71.3 Å². The molecule has 3 rings (SSSR count). The molecule has 35 heavy (non-hydrogen) atoms. The van der Waals surface area contributed by atoms with E-state index in [0.717, 1.165) is 30.4 Å². The molecule has 0 spiro atoms. The first-order chi connectivity index (χ1) is 16.5. The molecule has 2 aromatic carbocycles. The molecule has 1 unspecified atom stereocenters. The Morgan fingerprint density at radius 3 is 2.23 bits per heavy atom. The molecule has 188 valence electrons. The summed E-state index contributed by atoms with van der Waals surface area (Å²) in [6.07, 6.45) is -2.42. The number of unbranched alkanes of at least 4 members (excludes halogenated alkanes) is 1. The summed E-state index contributed by atoms with van der Waals surface area (Å²) in [6.45, 7) is 0. The monoisotopic (exact) mass is 493 g/mol. The van der Waals surface area contributed by atoms with Crippen LogP contribution in [-0.4, -0.2) is 35.9 Å². The zero-order valence-corrected chi connectivity index (χ0v) is 18.7. The van der Waals surface area contributed by atoms with E-state index in [1.165, 1.54) is 5.56 Å². The Hall–Kier alpha value is -3.89. The highest BCUT2D eigenvalue weighted by Gasteiger charge is 2.36. The number of hydrogen-bond donors (Lipinski definition) is 3. The molecule has 0 radical (unpaired) electrons. The first kappa shape index (κ1) is 27.4. The van der Waals surface area contributed by atoms with Gasteiger partial charge in [0.1, 0.15) is 12.1 Å². The Balaban J connectivity index is 0.000000540. The Morgan fingerprint density at radius 2 is 1.69 bits per heavy atom. The summed E-state index contributed by atoms with van der Waals surface area (Å²) in [7, 11) is 0. The number of ether oxygens (including phenoxy) is 1. The Bertz CT molecular complexity index is 1030. The fourth-order valence-corrected chi connectivity index (χ4v) is 3.39. The molecule has 0 aliphatic carbocycles. The first-order valence-corrected chi connectivity index (χ1v) is 10.8. The van der Waals surface area contributed by atoms with E-state index in [4.69, 9.17) is 25.8 Å². The molecule has 1 aliphatic heterocycles. The normalized spacial score (nSPS) is 17.1. The molecular weight excluding hydrogens is 467 g/mol. The van der Waals surface area contributed by atoms with Crippen LogP contribution in [0.1, 0.15) is 48.5 Å². The number of amides is 1. The third-order valence-corrected chi connectivity index (χ3v) is 5.12. The lowest BCUT2D eigenvalue weighted by Gasteiger charge is -2.19. The van der Waals surface area contributed by atoms with Crippen LogP contribution in [0, 0.1) is 0 Å². The van der Waals surface area contributed by atoms with Gasteiger partial charge < -0.3 is 20.0 Å². The number of carboxylic acids is 1. The van der Waals surface area contributed by atoms with Crippen molar-refractivity contribution >= 4 is 23.7 Å². The Kier molecular flexibility index (Phi) is 9.80. The number of rotatable bonds is 8. The maximum Gasteiger partial charge on any atom is 0.430 e. The summed E-state index contributed by atoms with van der Waals surface area (Å²) in [5.74, 6) is -3.03. The topological polar surface area (TPSA) is 147 Å². The number of benzene rings is 2. The van der Waals surface area contributed by atoms with Crippen molar-refractivity contribution in [2.24, 2.45) is 5.73 Å². The predicted octanol–water partition coefficient (Wildman–Crippen LogP) is 0.335. The molecule has 5 N–H and O–H groups in total. The maximum absolute atomic E-state index is 12.3. The summed E-state index contributed by atoms with van der Waals surface area (Å²) in [5, 5.41) is 17.3. The quantitative estimate of drug-likeness (QED) is 0.209. The number of alkyl halides is 3. The lowest BCUT2D eigenvalue weighted by Crippen LogP contribution is -2.46. The van der Waals surface area contributed by atoms with Gasteiger partial charge in [-0.1, -0.05) is 42.5 Å². The molecule has 1 heterocycles. The number of aliphatic carboxylic acids is 1. The van der Waals surface area contributed by atoms with Crippen LogP contribution < -0.4 is 21.6 Å². The van der Waals surface area contributed by atoms with E-state index in [1.54, 1.807) is 0 Å². The predicted molar refractivity (Wildman–Crippen MR) is 117 cm³/mol. The minimum Gasteiger partial charge on any atom is -0.542 e. The standard InChI is InChI=1S/C22H25N3O3.C2HF3O2/c23-22(24)17-12-10-15(11-13-17)6-4-5-9-19(26)25-18-14-20(27)28-21(18)16-7-2-1-3-8-16;3-2(4,5)1(6)7/h1-3,7-8,10-13,18,21H,4-6,9,14H2,(H3,23,24)(H,25,26);(H,6,7)/t18-,21?;/m0./s1. The van der Waals surface area contributed by atoms with Gasteiger partial charge in [0.05, 0.1) is 18.0 Å². The number of nitrogens with two attached hydrogens (primary N) is 2. The third-order valence-electron chi connectivity index (χ3n) is 5.12. The number of cyclic esters (lactones) is 1. The third kappa shape index (κ3) is 9.11. The van der Waals surface area contributed by atoms with Gasteiger partial charge in [0, 0.05) is 6.42 Å². The van der Waals surface area contributed by atoms with Gasteiger partial charge in [-0.2, -0.15) is 13.2 Å². The van der Waals surface area contributed by atoms with Crippen molar-refractivity contribution in [2.45, 2.75) is 50.4 Å².